The van der Waals surface area contributed by atoms with Gasteiger partial charge in [-0.1, -0.05) is 188 Å². The zero-order valence-corrected chi connectivity index (χ0v) is 30.1. The lowest BCUT2D eigenvalue weighted by molar-refractivity contribution is 0.794. The van der Waals surface area contributed by atoms with E-state index in [0.717, 1.165) is 28.7 Å². The lowest BCUT2D eigenvalue weighted by Gasteiger charge is -2.30. The number of benzene rings is 7. The maximum absolute atomic E-state index is 5.25. The summed E-state index contributed by atoms with van der Waals surface area (Å²) in [6.45, 7) is 0. The topological polar surface area (TPSA) is 38.7 Å². The SMILES string of the molecule is C1=CC(c2ccccc2)CC=C1c1nc(-c2ccc(-c3ccccc3)cc2)nc(-c2ccc3c(c2)C2(c4ccccc4-c4ccccc42)c2ccccc2-3)n1. The highest BCUT2D eigenvalue weighted by molar-refractivity contribution is 5.95. The van der Waals surface area contributed by atoms with E-state index in [4.69, 9.17) is 15.0 Å². The number of hydrogen-bond donors (Lipinski definition) is 0. The summed E-state index contributed by atoms with van der Waals surface area (Å²) in [7, 11) is 0. The van der Waals surface area contributed by atoms with Gasteiger partial charge in [-0.3, -0.25) is 0 Å². The van der Waals surface area contributed by atoms with Gasteiger partial charge in [0, 0.05) is 22.6 Å². The highest BCUT2D eigenvalue weighted by Gasteiger charge is 2.51. The van der Waals surface area contributed by atoms with Gasteiger partial charge in [0.25, 0.3) is 0 Å². The molecular weight excluding hydrogens is 667 g/mol. The molecule has 3 aliphatic rings. The van der Waals surface area contributed by atoms with Crippen LogP contribution in [0.1, 0.15) is 46.0 Å². The third-order valence-electron chi connectivity index (χ3n) is 11.7. The summed E-state index contributed by atoms with van der Waals surface area (Å²) >= 11 is 0. The molecule has 1 atom stereocenters. The van der Waals surface area contributed by atoms with E-state index in [0.29, 0.717) is 23.4 Å². The van der Waals surface area contributed by atoms with Crippen molar-refractivity contribution in [2.24, 2.45) is 0 Å². The maximum Gasteiger partial charge on any atom is 0.164 e. The van der Waals surface area contributed by atoms with Crippen molar-refractivity contribution in [3.8, 4) is 56.2 Å². The van der Waals surface area contributed by atoms with Crippen molar-refractivity contribution in [2.45, 2.75) is 17.8 Å². The minimum Gasteiger partial charge on any atom is -0.208 e. The Bertz CT molecular complexity index is 2770. The predicted molar refractivity (Wildman–Crippen MR) is 223 cm³/mol. The second kappa shape index (κ2) is 12.6. The van der Waals surface area contributed by atoms with Gasteiger partial charge in [-0.15, -0.1) is 0 Å². The van der Waals surface area contributed by atoms with Crippen molar-refractivity contribution in [3.05, 3.63) is 228 Å². The summed E-state index contributed by atoms with van der Waals surface area (Å²) in [5, 5.41) is 0. The average molecular weight is 702 g/mol. The third kappa shape index (κ3) is 4.93. The lowest BCUT2D eigenvalue weighted by atomic mass is 9.70. The molecule has 1 spiro atoms. The molecule has 3 nitrogen and oxygen atoms in total. The third-order valence-corrected chi connectivity index (χ3v) is 11.7. The van der Waals surface area contributed by atoms with Gasteiger partial charge in [0.1, 0.15) is 0 Å². The highest BCUT2D eigenvalue weighted by atomic mass is 15.0. The zero-order chi connectivity index (χ0) is 36.3. The van der Waals surface area contributed by atoms with E-state index >= 15 is 0 Å². The molecule has 7 aromatic carbocycles. The predicted octanol–water partition coefficient (Wildman–Crippen LogP) is 12.3. The summed E-state index contributed by atoms with van der Waals surface area (Å²) in [5.74, 6) is 2.34. The molecule has 8 aromatic rings. The molecular formula is C52H35N3. The van der Waals surface area contributed by atoms with Crippen LogP contribution in [0.2, 0.25) is 0 Å². The average Bonchev–Trinajstić information content (AvgIpc) is 3.74. The van der Waals surface area contributed by atoms with Crippen molar-refractivity contribution in [3.63, 3.8) is 0 Å². The van der Waals surface area contributed by atoms with Gasteiger partial charge in [0.05, 0.1) is 5.41 Å². The van der Waals surface area contributed by atoms with Gasteiger partial charge in [0.2, 0.25) is 0 Å². The number of fused-ring (bicyclic) bond motifs is 10. The molecule has 0 saturated carbocycles. The van der Waals surface area contributed by atoms with Crippen LogP contribution < -0.4 is 0 Å². The quantitative estimate of drug-likeness (QED) is 0.179. The molecule has 3 aliphatic carbocycles. The minimum atomic E-state index is -0.442. The van der Waals surface area contributed by atoms with E-state index in [9.17, 15) is 0 Å². The Morgan fingerprint density at radius 3 is 1.47 bits per heavy atom. The number of rotatable bonds is 5. The monoisotopic (exact) mass is 701 g/mol. The summed E-state index contributed by atoms with van der Waals surface area (Å²) in [4.78, 5) is 15.6. The molecule has 1 heterocycles. The van der Waals surface area contributed by atoms with E-state index in [2.05, 4.69) is 188 Å². The van der Waals surface area contributed by atoms with E-state index in [1.807, 2.05) is 6.07 Å². The normalized spacial score (nSPS) is 15.6. The summed E-state index contributed by atoms with van der Waals surface area (Å²) < 4.78 is 0. The Morgan fingerprint density at radius 1 is 0.400 bits per heavy atom. The summed E-state index contributed by atoms with van der Waals surface area (Å²) in [6.07, 6.45) is 7.63. The Kier molecular flexibility index (Phi) is 7.21. The molecule has 11 rings (SSSR count). The van der Waals surface area contributed by atoms with Crippen LogP contribution >= 0.6 is 0 Å². The first kappa shape index (κ1) is 31.5. The van der Waals surface area contributed by atoms with E-state index in [1.165, 1.54) is 55.6 Å². The van der Waals surface area contributed by atoms with Crippen LogP contribution in [0.3, 0.4) is 0 Å². The molecule has 0 amide bonds. The fraction of sp³-hybridized carbons (Fsp3) is 0.0577. The van der Waals surface area contributed by atoms with Crippen LogP contribution in [0.25, 0.3) is 61.7 Å². The first-order chi connectivity index (χ1) is 27.3. The van der Waals surface area contributed by atoms with Crippen LogP contribution in [0.15, 0.2) is 194 Å². The molecule has 258 valence electrons. The zero-order valence-electron chi connectivity index (χ0n) is 30.1. The van der Waals surface area contributed by atoms with Crippen LogP contribution in [0, 0.1) is 0 Å². The van der Waals surface area contributed by atoms with E-state index < -0.39 is 5.41 Å². The van der Waals surface area contributed by atoms with Crippen molar-refractivity contribution in [1.29, 1.82) is 0 Å². The summed E-state index contributed by atoms with van der Waals surface area (Å²) in [6, 6.07) is 63.3. The van der Waals surface area contributed by atoms with Gasteiger partial charge >= 0.3 is 0 Å². The molecule has 1 unspecified atom stereocenters. The van der Waals surface area contributed by atoms with Gasteiger partial charge in [-0.05, 0) is 73.7 Å². The molecule has 3 heteroatoms. The molecule has 0 N–H and O–H groups in total. The minimum absolute atomic E-state index is 0.322. The fourth-order valence-corrected chi connectivity index (χ4v) is 9.17. The van der Waals surface area contributed by atoms with Crippen LogP contribution in [-0.4, -0.2) is 15.0 Å². The second-order valence-electron chi connectivity index (χ2n) is 14.7. The number of nitrogens with zero attached hydrogens (tertiary/aromatic N) is 3. The van der Waals surface area contributed by atoms with Gasteiger partial charge in [-0.25, -0.2) is 15.0 Å². The van der Waals surface area contributed by atoms with Gasteiger partial charge in [-0.2, -0.15) is 0 Å². The van der Waals surface area contributed by atoms with Gasteiger partial charge < -0.3 is 0 Å². The first-order valence-corrected chi connectivity index (χ1v) is 19.1. The molecule has 55 heavy (non-hydrogen) atoms. The Balaban J connectivity index is 1.08. The van der Waals surface area contributed by atoms with Gasteiger partial charge in [0.15, 0.2) is 17.5 Å². The van der Waals surface area contributed by atoms with Crippen LogP contribution in [0.5, 0.6) is 0 Å². The molecule has 0 bridgehead atoms. The largest absolute Gasteiger partial charge is 0.208 e. The molecule has 0 aliphatic heterocycles. The van der Waals surface area contributed by atoms with E-state index in [-0.39, 0.29) is 0 Å². The standard InChI is InChI=1S/C52H35N3/c1-3-13-34(14-4-1)36-23-27-38(28-24-36)49-53-50(39-29-25-37(26-30-39)35-15-5-2-6-16-35)55-51(54-49)40-31-32-44-43-19-9-12-22-47(43)52(48(44)33-40)45-20-10-7-17-41(45)42-18-8-11-21-46(42)52/h1-25,27-33,37H,26H2. The lowest BCUT2D eigenvalue weighted by Crippen LogP contribution is -2.25. The van der Waals surface area contributed by atoms with Crippen molar-refractivity contribution in [1.82, 2.24) is 15.0 Å². The van der Waals surface area contributed by atoms with E-state index in [1.54, 1.807) is 0 Å². The molecule has 0 radical (unpaired) electrons. The van der Waals surface area contributed by atoms with Crippen molar-refractivity contribution in [2.75, 3.05) is 0 Å². The molecule has 1 aromatic heterocycles. The maximum atomic E-state index is 5.25. The smallest absolute Gasteiger partial charge is 0.164 e. The molecule has 0 fully saturated rings. The summed E-state index contributed by atoms with van der Waals surface area (Å²) in [5.41, 5.74) is 16.5. The molecule has 0 saturated heterocycles. The first-order valence-electron chi connectivity index (χ1n) is 19.1. The van der Waals surface area contributed by atoms with Crippen molar-refractivity contribution >= 4 is 5.57 Å². The Morgan fingerprint density at radius 2 is 0.873 bits per heavy atom. The number of aromatic nitrogens is 3. The van der Waals surface area contributed by atoms with Crippen LogP contribution in [-0.2, 0) is 5.41 Å². The van der Waals surface area contributed by atoms with Crippen LogP contribution in [0.4, 0.5) is 0 Å². The fourth-order valence-electron chi connectivity index (χ4n) is 9.17. The number of hydrogen-bond acceptors (Lipinski definition) is 3. The highest BCUT2D eigenvalue weighted by Crippen LogP contribution is 2.63. The number of allylic oxidation sites excluding steroid dienone is 4. The Labute approximate surface area is 321 Å². The second-order valence-corrected chi connectivity index (χ2v) is 14.7. The van der Waals surface area contributed by atoms with Crippen molar-refractivity contribution < 1.29 is 0 Å². The Hall–Kier alpha value is -6.97.